The summed E-state index contributed by atoms with van der Waals surface area (Å²) in [6.07, 6.45) is 3.15. The van der Waals surface area contributed by atoms with Crippen molar-refractivity contribution in [2.24, 2.45) is 5.92 Å². The smallest absolute Gasteiger partial charge is 0.0601 e. The number of nitrogens with one attached hydrogen (secondary N) is 2. The fraction of sp³-hybridized carbons (Fsp3) is 1.00. The predicted molar refractivity (Wildman–Crippen MR) is 43.9 cm³/mol. The Labute approximate surface area is 63.4 Å². The normalized spacial score (nSPS) is 20.7. The molecule has 1 saturated heterocycles. The fourth-order valence-electron chi connectivity index (χ4n) is 1.62. The van der Waals surface area contributed by atoms with Gasteiger partial charge >= 0.3 is 0 Å². The molecular weight excluding hydrogens is 124 g/mol. The number of hydrogen-bond donors (Lipinski definition) is 2. The van der Waals surface area contributed by atoms with Crippen LogP contribution < -0.4 is 10.6 Å². The van der Waals surface area contributed by atoms with E-state index >= 15 is 0 Å². The summed E-state index contributed by atoms with van der Waals surface area (Å²) in [5.41, 5.74) is 0. The number of rotatable bonds is 3. The van der Waals surface area contributed by atoms with Gasteiger partial charge in [0.1, 0.15) is 0 Å². The van der Waals surface area contributed by atoms with Crippen LogP contribution >= 0.6 is 0 Å². The Kier molecular flexibility index (Phi) is 3.16. The Morgan fingerprint density at radius 1 is 1.20 bits per heavy atom. The Morgan fingerprint density at radius 3 is 2.10 bits per heavy atom. The van der Waals surface area contributed by atoms with Gasteiger partial charge in [0.15, 0.2) is 0 Å². The molecule has 0 amide bonds. The highest BCUT2D eigenvalue weighted by Gasteiger charge is 2.20. The van der Waals surface area contributed by atoms with E-state index in [1.165, 1.54) is 12.8 Å². The Morgan fingerprint density at radius 2 is 1.70 bits per heavy atom. The highest BCUT2D eigenvalue weighted by Crippen LogP contribution is 2.12. The van der Waals surface area contributed by atoms with E-state index < -0.39 is 0 Å². The molecule has 0 atom stereocenters. The topological polar surface area (TPSA) is 24.1 Å². The standard InChI is InChI=1S/C8H18N2/c1-3-7(4-2)8-9-5-6-10-8/h7-10H,3-6H2,1-2H3. The van der Waals surface area contributed by atoms with Gasteiger partial charge in [-0.25, -0.2) is 0 Å². The van der Waals surface area contributed by atoms with Crippen LogP contribution in [0.1, 0.15) is 26.7 Å². The van der Waals surface area contributed by atoms with Crippen molar-refractivity contribution < 1.29 is 0 Å². The minimum Gasteiger partial charge on any atom is -0.300 e. The third-order valence-corrected chi connectivity index (χ3v) is 2.37. The van der Waals surface area contributed by atoms with Gasteiger partial charge in [-0.15, -0.1) is 0 Å². The first-order valence-electron chi connectivity index (χ1n) is 4.35. The number of hydrogen-bond acceptors (Lipinski definition) is 2. The second-order valence-corrected chi connectivity index (χ2v) is 2.96. The molecule has 1 aliphatic heterocycles. The molecule has 0 spiro atoms. The molecule has 2 heteroatoms. The van der Waals surface area contributed by atoms with Crippen molar-refractivity contribution in [1.82, 2.24) is 10.6 Å². The SMILES string of the molecule is CCC(CC)C1NCCN1. The third-order valence-electron chi connectivity index (χ3n) is 2.37. The molecule has 1 aliphatic rings. The molecule has 0 unspecified atom stereocenters. The molecule has 0 bridgehead atoms. The molecule has 2 nitrogen and oxygen atoms in total. The molecule has 60 valence electrons. The lowest BCUT2D eigenvalue weighted by Crippen LogP contribution is -2.38. The van der Waals surface area contributed by atoms with Crippen molar-refractivity contribution in [3.05, 3.63) is 0 Å². The molecule has 1 fully saturated rings. The van der Waals surface area contributed by atoms with Crippen molar-refractivity contribution in [2.75, 3.05) is 13.1 Å². The maximum absolute atomic E-state index is 3.45. The van der Waals surface area contributed by atoms with E-state index in [0.717, 1.165) is 19.0 Å². The molecule has 0 aromatic carbocycles. The lowest BCUT2D eigenvalue weighted by atomic mass is 10.0. The van der Waals surface area contributed by atoms with E-state index in [4.69, 9.17) is 0 Å². The molecule has 0 saturated carbocycles. The van der Waals surface area contributed by atoms with Crippen LogP contribution in [0.4, 0.5) is 0 Å². The van der Waals surface area contributed by atoms with E-state index in [1.54, 1.807) is 0 Å². The van der Waals surface area contributed by atoms with Crippen LogP contribution in [-0.2, 0) is 0 Å². The van der Waals surface area contributed by atoms with Crippen LogP contribution in [0, 0.1) is 5.92 Å². The van der Waals surface area contributed by atoms with Crippen molar-refractivity contribution in [3.63, 3.8) is 0 Å². The first-order valence-corrected chi connectivity index (χ1v) is 4.35. The summed E-state index contributed by atoms with van der Waals surface area (Å²) in [5.74, 6) is 0.822. The van der Waals surface area contributed by atoms with E-state index in [0.29, 0.717) is 6.17 Å². The van der Waals surface area contributed by atoms with Gasteiger partial charge in [0.2, 0.25) is 0 Å². The lowest BCUT2D eigenvalue weighted by Gasteiger charge is -2.20. The zero-order valence-corrected chi connectivity index (χ0v) is 6.98. The second kappa shape index (κ2) is 3.94. The van der Waals surface area contributed by atoms with Gasteiger partial charge in [-0.2, -0.15) is 0 Å². The second-order valence-electron chi connectivity index (χ2n) is 2.96. The predicted octanol–water partition coefficient (Wildman–Crippen LogP) is 0.942. The molecule has 0 aliphatic carbocycles. The molecule has 0 aromatic rings. The summed E-state index contributed by atoms with van der Waals surface area (Å²) in [6, 6.07) is 0. The molecule has 2 N–H and O–H groups in total. The minimum absolute atomic E-state index is 0.593. The molecule has 1 heterocycles. The van der Waals surface area contributed by atoms with Crippen molar-refractivity contribution in [3.8, 4) is 0 Å². The van der Waals surface area contributed by atoms with Crippen LogP contribution in [0.5, 0.6) is 0 Å². The molecule has 1 rings (SSSR count). The highest BCUT2D eigenvalue weighted by atomic mass is 15.2. The largest absolute Gasteiger partial charge is 0.300 e. The minimum atomic E-state index is 0.593. The monoisotopic (exact) mass is 142 g/mol. The zero-order valence-electron chi connectivity index (χ0n) is 6.98. The Hall–Kier alpha value is -0.0800. The van der Waals surface area contributed by atoms with Crippen molar-refractivity contribution in [2.45, 2.75) is 32.9 Å². The van der Waals surface area contributed by atoms with Gasteiger partial charge in [-0.1, -0.05) is 26.7 Å². The summed E-state index contributed by atoms with van der Waals surface area (Å²) in [6.45, 7) is 6.80. The molecule has 0 aromatic heterocycles. The Bertz CT molecular complexity index is 83.3. The molecule has 0 radical (unpaired) electrons. The van der Waals surface area contributed by atoms with Gasteiger partial charge in [0.05, 0.1) is 6.17 Å². The zero-order chi connectivity index (χ0) is 7.40. The lowest BCUT2D eigenvalue weighted by molar-refractivity contribution is 0.342. The average molecular weight is 142 g/mol. The fourth-order valence-corrected chi connectivity index (χ4v) is 1.62. The van der Waals surface area contributed by atoms with E-state index in [2.05, 4.69) is 24.5 Å². The summed E-state index contributed by atoms with van der Waals surface area (Å²) in [4.78, 5) is 0. The first-order chi connectivity index (χ1) is 4.88. The van der Waals surface area contributed by atoms with Gasteiger partial charge in [-0.05, 0) is 5.92 Å². The van der Waals surface area contributed by atoms with Crippen LogP contribution in [0.2, 0.25) is 0 Å². The van der Waals surface area contributed by atoms with Gasteiger partial charge in [-0.3, -0.25) is 0 Å². The van der Waals surface area contributed by atoms with Crippen LogP contribution in [0.3, 0.4) is 0 Å². The average Bonchev–Trinajstić information content (AvgIpc) is 2.43. The quantitative estimate of drug-likeness (QED) is 0.613. The highest BCUT2D eigenvalue weighted by molar-refractivity contribution is 4.78. The van der Waals surface area contributed by atoms with E-state index in [-0.39, 0.29) is 0 Å². The molecular formula is C8H18N2. The summed E-state index contributed by atoms with van der Waals surface area (Å²) in [5, 5.41) is 6.89. The van der Waals surface area contributed by atoms with Gasteiger partial charge < -0.3 is 10.6 Å². The van der Waals surface area contributed by atoms with Crippen LogP contribution in [0.15, 0.2) is 0 Å². The maximum atomic E-state index is 3.45. The van der Waals surface area contributed by atoms with Crippen molar-refractivity contribution >= 4 is 0 Å². The molecule has 10 heavy (non-hydrogen) atoms. The summed E-state index contributed by atoms with van der Waals surface area (Å²) >= 11 is 0. The van der Waals surface area contributed by atoms with Gasteiger partial charge in [0, 0.05) is 13.1 Å². The van der Waals surface area contributed by atoms with Gasteiger partial charge in [0.25, 0.3) is 0 Å². The maximum Gasteiger partial charge on any atom is 0.0601 e. The van der Waals surface area contributed by atoms with Crippen molar-refractivity contribution in [1.29, 1.82) is 0 Å². The first kappa shape index (κ1) is 8.02. The van der Waals surface area contributed by atoms with Crippen LogP contribution in [-0.4, -0.2) is 19.3 Å². The summed E-state index contributed by atoms with van der Waals surface area (Å²) < 4.78 is 0. The Balaban J connectivity index is 2.29. The van der Waals surface area contributed by atoms with Crippen LogP contribution in [0.25, 0.3) is 0 Å². The third kappa shape index (κ3) is 1.70. The summed E-state index contributed by atoms with van der Waals surface area (Å²) in [7, 11) is 0. The van der Waals surface area contributed by atoms with E-state index in [9.17, 15) is 0 Å². The van der Waals surface area contributed by atoms with E-state index in [1.807, 2.05) is 0 Å².